The quantitative estimate of drug-likeness (QED) is 0.355. The number of halogens is 1. The number of para-hydroxylation sites is 1. The molecule has 0 aliphatic heterocycles. The van der Waals surface area contributed by atoms with Crippen LogP contribution in [0.3, 0.4) is 0 Å². The Kier molecular flexibility index (Phi) is 6.03. The minimum atomic E-state index is 0.615. The van der Waals surface area contributed by atoms with Crippen molar-refractivity contribution in [3.63, 3.8) is 0 Å². The number of hydrogen-bond acceptors (Lipinski definition) is 3. The van der Waals surface area contributed by atoms with Gasteiger partial charge in [-0.1, -0.05) is 41.9 Å². The van der Waals surface area contributed by atoms with Gasteiger partial charge in [0.05, 0.1) is 12.1 Å². The van der Waals surface area contributed by atoms with E-state index in [1.807, 2.05) is 60.8 Å². The normalized spacial score (nSPS) is 11.0. The largest absolute Gasteiger partial charge is 0.495 e. The smallest absolute Gasteiger partial charge is 0.138 e. The summed E-state index contributed by atoms with van der Waals surface area (Å²) in [6.07, 6.45) is 2.95. The molecule has 4 rings (SSSR count). The summed E-state index contributed by atoms with van der Waals surface area (Å²) in [4.78, 5) is 3.29. The van der Waals surface area contributed by atoms with Crippen LogP contribution < -0.4 is 14.8 Å². The van der Waals surface area contributed by atoms with Gasteiger partial charge >= 0.3 is 0 Å². The first-order valence-electron chi connectivity index (χ1n) is 9.59. The van der Waals surface area contributed by atoms with Gasteiger partial charge in [0.15, 0.2) is 0 Å². The molecule has 1 aromatic heterocycles. The van der Waals surface area contributed by atoms with Crippen LogP contribution in [0.4, 0.5) is 0 Å². The molecule has 0 bridgehead atoms. The van der Waals surface area contributed by atoms with Gasteiger partial charge in [0.2, 0.25) is 0 Å². The number of aromatic amines is 1. The molecule has 0 unspecified atom stereocenters. The first kappa shape index (κ1) is 19.4. The van der Waals surface area contributed by atoms with Crippen LogP contribution in [0.2, 0.25) is 5.02 Å². The minimum Gasteiger partial charge on any atom is -0.495 e. The van der Waals surface area contributed by atoms with Crippen LogP contribution in [0, 0.1) is 0 Å². The first-order valence-corrected chi connectivity index (χ1v) is 9.97. The molecule has 4 aromatic rings. The summed E-state index contributed by atoms with van der Waals surface area (Å²) in [5, 5.41) is 5.27. The number of H-pyrrole nitrogens is 1. The standard InChI is InChI=1S/C24H23ClN2O2/c1-28-24-13-21-18(16-27-23(21)14-22(24)25)10-11-26-15-17-6-5-9-20(12-17)29-19-7-3-2-4-8-19/h2-9,12-14,16,26-27H,10-11,15H2,1H3. The van der Waals surface area contributed by atoms with Gasteiger partial charge in [0, 0.05) is 23.6 Å². The second-order valence-corrected chi connectivity index (χ2v) is 7.24. The molecule has 5 heteroatoms. The van der Waals surface area contributed by atoms with Gasteiger partial charge < -0.3 is 19.8 Å². The maximum atomic E-state index is 6.20. The van der Waals surface area contributed by atoms with Crippen molar-refractivity contribution in [1.29, 1.82) is 0 Å². The molecule has 0 saturated heterocycles. The number of ether oxygens (including phenoxy) is 2. The number of methoxy groups -OCH3 is 1. The highest BCUT2D eigenvalue weighted by atomic mass is 35.5. The van der Waals surface area contributed by atoms with Gasteiger partial charge in [-0.15, -0.1) is 0 Å². The molecule has 0 spiro atoms. The summed E-state index contributed by atoms with van der Waals surface area (Å²) in [6.45, 7) is 1.64. The lowest BCUT2D eigenvalue weighted by Crippen LogP contribution is -2.16. The van der Waals surface area contributed by atoms with E-state index in [0.29, 0.717) is 10.8 Å². The predicted octanol–water partition coefficient (Wildman–Crippen LogP) is 5.95. The van der Waals surface area contributed by atoms with Crippen LogP contribution >= 0.6 is 11.6 Å². The lowest BCUT2D eigenvalue weighted by atomic mass is 10.1. The zero-order chi connectivity index (χ0) is 20.1. The lowest BCUT2D eigenvalue weighted by molar-refractivity contribution is 0.415. The molecule has 0 atom stereocenters. The van der Waals surface area contributed by atoms with Crippen molar-refractivity contribution in [2.24, 2.45) is 0 Å². The number of fused-ring (bicyclic) bond motifs is 1. The molecule has 0 fully saturated rings. The predicted molar refractivity (Wildman–Crippen MR) is 118 cm³/mol. The number of hydrogen-bond donors (Lipinski definition) is 2. The van der Waals surface area contributed by atoms with E-state index in [1.54, 1.807) is 7.11 Å². The summed E-state index contributed by atoms with van der Waals surface area (Å²) < 4.78 is 11.3. The zero-order valence-corrected chi connectivity index (χ0v) is 17.0. The van der Waals surface area contributed by atoms with Crippen molar-refractivity contribution < 1.29 is 9.47 Å². The van der Waals surface area contributed by atoms with Crippen LogP contribution in [0.5, 0.6) is 17.2 Å². The van der Waals surface area contributed by atoms with Gasteiger partial charge in [-0.3, -0.25) is 0 Å². The molecule has 148 valence electrons. The lowest BCUT2D eigenvalue weighted by Gasteiger charge is -2.09. The number of aromatic nitrogens is 1. The van der Waals surface area contributed by atoms with Crippen molar-refractivity contribution in [2.45, 2.75) is 13.0 Å². The van der Waals surface area contributed by atoms with Crippen LogP contribution in [0.1, 0.15) is 11.1 Å². The second kappa shape index (κ2) is 9.03. The molecule has 0 amide bonds. The van der Waals surface area contributed by atoms with Gasteiger partial charge in [-0.2, -0.15) is 0 Å². The monoisotopic (exact) mass is 406 g/mol. The molecule has 29 heavy (non-hydrogen) atoms. The Hall–Kier alpha value is -2.95. The van der Waals surface area contributed by atoms with Gasteiger partial charge in [-0.05, 0) is 60.5 Å². The average molecular weight is 407 g/mol. The highest BCUT2D eigenvalue weighted by Gasteiger charge is 2.09. The van der Waals surface area contributed by atoms with Crippen LogP contribution in [0.25, 0.3) is 10.9 Å². The Bertz CT molecular complexity index is 1090. The van der Waals surface area contributed by atoms with E-state index in [2.05, 4.69) is 22.4 Å². The molecule has 0 aliphatic carbocycles. The van der Waals surface area contributed by atoms with Gasteiger partial charge in [0.1, 0.15) is 17.2 Å². The summed E-state index contributed by atoms with van der Waals surface area (Å²) in [5.74, 6) is 2.38. The van der Waals surface area contributed by atoms with E-state index in [1.165, 1.54) is 11.1 Å². The van der Waals surface area contributed by atoms with Gasteiger partial charge in [-0.25, -0.2) is 0 Å². The van der Waals surface area contributed by atoms with Crippen LogP contribution in [0.15, 0.2) is 72.9 Å². The third kappa shape index (κ3) is 4.73. The average Bonchev–Trinajstić information content (AvgIpc) is 3.13. The molecule has 2 N–H and O–H groups in total. The van der Waals surface area contributed by atoms with Crippen molar-refractivity contribution >= 4 is 22.5 Å². The van der Waals surface area contributed by atoms with Crippen LogP contribution in [-0.2, 0) is 13.0 Å². The number of nitrogens with one attached hydrogen (secondary N) is 2. The third-order valence-electron chi connectivity index (χ3n) is 4.82. The fourth-order valence-corrected chi connectivity index (χ4v) is 3.58. The Labute approximate surface area is 175 Å². The summed E-state index contributed by atoms with van der Waals surface area (Å²) in [5.41, 5.74) is 3.45. The van der Waals surface area contributed by atoms with Gasteiger partial charge in [0.25, 0.3) is 0 Å². The summed E-state index contributed by atoms with van der Waals surface area (Å²) in [6, 6.07) is 21.9. The highest BCUT2D eigenvalue weighted by Crippen LogP contribution is 2.31. The third-order valence-corrected chi connectivity index (χ3v) is 5.11. The fraction of sp³-hybridized carbons (Fsp3) is 0.167. The van der Waals surface area contributed by atoms with E-state index in [0.717, 1.165) is 41.9 Å². The molecule has 0 radical (unpaired) electrons. The number of benzene rings is 3. The molecule has 0 aliphatic rings. The Morgan fingerprint density at radius 1 is 0.966 bits per heavy atom. The highest BCUT2D eigenvalue weighted by molar-refractivity contribution is 6.32. The molecule has 4 nitrogen and oxygen atoms in total. The zero-order valence-electron chi connectivity index (χ0n) is 16.2. The summed E-state index contributed by atoms with van der Waals surface area (Å²) in [7, 11) is 1.64. The minimum absolute atomic E-state index is 0.615. The van der Waals surface area contributed by atoms with E-state index in [9.17, 15) is 0 Å². The Morgan fingerprint density at radius 2 is 1.79 bits per heavy atom. The molecular weight excluding hydrogens is 384 g/mol. The molecular formula is C24H23ClN2O2. The SMILES string of the molecule is COc1cc2c(CCNCc3cccc(Oc4ccccc4)c3)c[nH]c2cc1Cl. The Morgan fingerprint density at radius 3 is 2.62 bits per heavy atom. The van der Waals surface area contributed by atoms with Crippen molar-refractivity contribution in [1.82, 2.24) is 10.3 Å². The maximum Gasteiger partial charge on any atom is 0.138 e. The first-order chi connectivity index (χ1) is 14.2. The van der Waals surface area contributed by atoms with Crippen molar-refractivity contribution in [3.8, 4) is 17.2 Å². The van der Waals surface area contributed by atoms with E-state index < -0.39 is 0 Å². The second-order valence-electron chi connectivity index (χ2n) is 6.84. The molecule has 3 aromatic carbocycles. The van der Waals surface area contributed by atoms with E-state index >= 15 is 0 Å². The molecule has 0 saturated carbocycles. The van der Waals surface area contributed by atoms with Crippen molar-refractivity contribution in [2.75, 3.05) is 13.7 Å². The summed E-state index contributed by atoms with van der Waals surface area (Å²) >= 11 is 6.20. The topological polar surface area (TPSA) is 46.3 Å². The fourth-order valence-electron chi connectivity index (χ4n) is 3.34. The van der Waals surface area contributed by atoms with E-state index in [-0.39, 0.29) is 0 Å². The van der Waals surface area contributed by atoms with Crippen LogP contribution in [-0.4, -0.2) is 18.6 Å². The maximum absolute atomic E-state index is 6.20. The Balaban J connectivity index is 1.34. The number of rotatable bonds is 8. The molecule has 1 heterocycles. The van der Waals surface area contributed by atoms with Crippen molar-refractivity contribution in [3.05, 3.63) is 89.1 Å². The van der Waals surface area contributed by atoms with E-state index in [4.69, 9.17) is 21.1 Å².